The molecule has 0 aromatic carbocycles. The van der Waals surface area contributed by atoms with Crippen LogP contribution in [0, 0.1) is 5.92 Å². The third-order valence-corrected chi connectivity index (χ3v) is 2.85. The molecule has 1 unspecified atom stereocenters. The molecule has 0 saturated carbocycles. The molecule has 1 atom stereocenters. The van der Waals surface area contributed by atoms with E-state index in [0.717, 1.165) is 25.9 Å². The number of nitrogens with one attached hydrogen (secondary N) is 1. The molecule has 0 aliphatic carbocycles. The molecule has 0 aromatic rings. The Balaban J connectivity index is 2.35. The van der Waals surface area contributed by atoms with Crippen molar-refractivity contribution in [1.29, 1.82) is 0 Å². The van der Waals surface area contributed by atoms with Crippen molar-refractivity contribution in [2.45, 2.75) is 32.7 Å². The molecule has 1 fully saturated rings. The second kappa shape index (κ2) is 4.61. The molecule has 13 heavy (non-hydrogen) atoms. The van der Waals surface area contributed by atoms with Gasteiger partial charge >= 0.3 is 0 Å². The first-order valence-electron chi connectivity index (χ1n) is 5.14. The van der Waals surface area contributed by atoms with Gasteiger partial charge in [0.15, 0.2) is 0 Å². The molecule has 0 spiro atoms. The molecule has 0 bridgehead atoms. The van der Waals surface area contributed by atoms with Crippen LogP contribution in [0.25, 0.3) is 0 Å². The van der Waals surface area contributed by atoms with E-state index in [1.807, 2.05) is 11.9 Å². The smallest absolute Gasteiger partial charge is 0.228 e. The Morgan fingerprint density at radius 1 is 1.62 bits per heavy atom. The number of amides is 1. The first kappa shape index (κ1) is 10.5. The van der Waals surface area contributed by atoms with Crippen LogP contribution < -0.4 is 5.32 Å². The van der Waals surface area contributed by atoms with E-state index >= 15 is 0 Å². The van der Waals surface area contributed by atoms with Gasteiger partial charge in [-0.05, 0) is 13.3 Å². The molecule has 0 aromatic heterocycles. The highest BCUT2D eigenvalue weighted by atomic mass is 16.2. The van der Waals surface area contributed by atoms with Crippen molar-refractivity contribution in [3.05, 3.63) is 0 Å². The monoisotopic (exact) mass is 184 g/mol. The molecule has 1 heterocycles. The lowest BCUT2D eigenvalue weighted by Crippen LogP contribution is -2.52. The highest BCUT2D eigenvalue weighted by Gasteiger charge is 2.28. The summed E-state index contributed by atoms with van der Waals surface area (Å²) in [4.78, 5) is 13.6. The highest BCUT2D eigenvalue weighted by Crippen LogP contribution is 2.11. The van der Waals surface area contributed by atoms with Crippen LogP contribution in [0.5, 0.6) is 0 Å². The summed E-state index contributed by atoms with van der Waals surface area (Å²) in [6, 6.07) is 0.387. The van der Waals surface area contributed by atoms with Gasteiger partial charge in [0.05, 0.1) is 5.92 Å². The zero-order valence-corrected chi connectivity index (χ0v) is 8.84. The van der Waals surface area contributed by atoms with E-state index in [-0.39, 0.29) is 5.92 Å². The van der Waals surface area contributed by atoms with Gasteiger partial charge < -0.3 is 10.2 Å². The van der Waals surface area contributed by atoms with Crippen molar-refractivity contribution in [1.82, 2.24) is 10.2 Å². The third-order valence-electron chi connectivity index (χ3n) is 2.85. The summed E-state index contributed by atoms with van der Waals surface area (Å²) < 4.78 is 0. The first-order chi connectivity index (χ1) is 6.16. The van der Waals surface area contributed by atoms with Crippen molar-refractivity contribution in [2.24, 2.45) is 5.92 Å². The zero-order valence-electron chi connectivity index (χ0n) is 8.84. The van der Waals surface area contributed by atoms with Gasteiger partial charge in [-0.1, -0.05) is 13.3 Å². The van der Waals surface area contributed by atoms with Gasteiger partial charge in [-0.15, -0.1) is 0 Å². The summed E-state index contributed by atoms with van der Waals surface area (Å²) in [5, 5.41) is 3.12. The summed E-state index contributed by atoms with van der Waals surface area (Å²) in [7, 11) is 1.92. The van der Waals surface area contributed by atoms with Crippen molar-refractivity contribution < 1.29 is 4.79 Å². The number of rotatable bonds is 4. The second-order valence-corrected chi connectivity index (χ2v) is 3.94. The quantitative estimate of drug-likeness (QED) is 0.702. The van der Waals surface area contributed by atoms with E-state index in [0.29, 0.717) is 11.9 Å². The number of nitrogens with zero attached hydrogens (tertiary/aromatic N) is 1. The number of carbonyl (C=O) groups excluding carboxylic acids is 1. The predicted octanol–water partition coefficient (Wildman–Crippen LogP) is 0.853. The molecule has 3 heteroatoms. The average molecular weight is 184 g/mol. The van der Waals surface area contributed by atoms with E-state index < -0.39 is 0 Å². The van der Waals surface area contributed by atoms with Crippen LogP contribution in [0.2, 0.25) is 0 Å². The minimum atomic E-state index is 0.240. The van der Waals surface area contributed by atoms with Gasteiger partial charge in [0.1, 0.15) is 0 Å². The molecular formula is C10H20N2O. The molecule has 76 valence electrons. The Morgan fingerprint density at radius 2 is 2.23 bits per heavy atom. The van der Waals surface area contributed by atoms with Crippen LogP contribution in [0.15, 0.2) is 0 Å². The maximum Gasteiger partial charge on any atom is 0.228 e. The SMILES string of the molecule is CCCC(C)N(C)C(=O)C1CNC1. The lowest BCUT2D eigenvalue weighted by Gasteiger charge is -2.33. The molecular weight excluding hydrogens is 164 g/mol. The van der Waals surface area contributed by atoms with Crippen LogP contribution in [-0.4, -0.2) is 37.0 Å². The van der Waals surface area contributed by atoms with Gasteiger partial charge in [-0.25, -0.2) is 0 Å². The fourth-order valence-electron chi connectivity index (χ4n) is 1.58. The second-order valence-electron chi connectivity index (χ2n) is 3.94. The Kier molecular flexibility index (Phi) is 3.72. The Hall–Kier alpha value is -0.570. The summed E-state index contributed by atoms with van der Waals surface area (Å²) in [5.41, 5.74) is 0. The van der Waals surface area contributed by atoms with Gasteiger partial charge in [0.25, 0.3) is 0 Å². The van der Waals surface area contributed by atoms with Crippen LogP contribution in [0.3, 0.4) is 0 Å². The Labute approximate surface area is 80.5 Å². The maximum absolute atomic E-state index is 11.7. The summed E-state index contributed by atoms with van der Waals surface area (Å²) in [5.74, 6) is 0.545. The van der Waals surface area contributed by atoms with Gasteiger partial charge in [-0.2, -0.15) is 0 Å². The van der Waals surface area contributed by atoms with Gasteiger partial charge in [-0.3, -0.25) is 4.79 Å². The maximum atomic E-state index is 11.7. The fraction of sp³-hybridized carbons (Fsp3) is 0.900. The molecule has 0 radical (unpaired) electrons. The lowest BCUT2D eigenvalue weighted by molar-refractivity contribution is -0.137. The topological polar surface area (TPSA) is 32.3 Å². The Morgan fingerprint density at radius 3 is 2.62 bits per heavy atom. The highest BCUT2D eigenvalue weighted by molar-refractivity contribution is 5.80. The van der Waals surface area contributed by atoms with E-state index in [9.17, 15) is 4.79 Å². The van der Waals surface area contributed by atoms with E-state index in [1.165, 1.54) is 0 Å². The van der Waals surface area contributed by atoms with Crippen LogP contribution in [0.4, 0.5) is 0 Å². The number of hydrogen-bond donors (Lipinski definition) is 1. The first-order valence-corrected chi connectivity index (χ1v) is 5.14. The summed E-state index contributed by atoms with van der Waals surface area (Å²) >= 11 is 0. The van der Waals surface area contributed by atoms with Crippen LogP contribution in [-0.2, 0) is 4.79 Å². The zero-order chi connectivity index (χ0) is 9.84. The number of hydrogen-bond acceptors (Lipinski definition) is 2. The molecule has 1 amide bonds. The van der Waals surface area contributed by atoms with Crippen molar-refractivity contribution in [2.75, 3.05) is 20.1 Å². The third kappa shape index (κ3) is 2.44. The van der Waals surface area contributed by atoms with Crippen LogP contribution in [0.1, 0.15) is 26.7 Å². The van der Waals surface area contributed by atoms with Crippen molar-refractivity contribution >= 4 is 5.91 Å². The van der Waals surface area contributed by atoms with Gasteiger partial charge in [0.2, 0.25) is 5.91 Å². The summed E-state index contributed by atoms with van der Waals surface area (Å²) in [6.07, 6.45) is 2.24. The largest absolute Gasteiger partial charge is 0.343 e. The van der Waals surface area contributed by atoms with Crippen molar-refractivity contribution in [3.63, 3.8) is 0 Å². The van der Waals surface area contributed by atoms with E-state index in [4.69, 9.17) is 0 Å². The number of carbonyl (C=O) groups is 1. The average Bonchev–Trinajstić information content (AvgIpc) is 2.00. The minimum Gasteiger partial charge on any atom is -0.343 e. The summed E-state index contributed by atoms with van der Waals surface area (Å²) in [6.45, 7) is 6.00. The minimum absolute atomic E-state index is 0.240. The Bertz CT molecular complexity index is 178. The fourth-order valence-corrected chi connectivity index (χ4v) is 1.58. The molecule has 1 aliphatic rings. The van der Waals surface area contributed by atoms with Gasteiger partial charge in [0, 0.05) is 26.2 Å². The predicted molar refractivity (Wildman–Crippen MR) is 53.5 cm³/mol. The van der Waals surface area contributed by atoms with Crippen molar-refractivity contribution in [3.8, 4) is 0 Å². The molecule has 1 aliphatic heterocycles. The normalized spacial score (nSPS) is 19.3. The lowest BCUT2D eigenvalue weighted by atomic mass is 10.0. The molecule has 1 N–H and O–H groups in total. The standard InChI is InChI=1S/C10H20N2O/c1-4-5-8(2)12(3)10(13)9-6-11-7-9/h8-9,11H,4-7H2,1-3H3. The molecule has 1 rings (SSSR count). The molecule has 1 saturated heterocycles. The van der Waals surface area contributed by atoms with E-state index in [1.54, 1.807) is 0 Å². The van der Waals surface area contributed by atoms with E-state index in [2.05, 4.69) is 19.2 Å². The van der Waals surface area contributed by atoms with Crippen LogP contribution >= 0.6 is 0 Å². The molecule has 3 nitrogen and oxygen atoms in total.